The molecule has 2 aromatic carbocycles. The van der Waals surface area contributed by atoms with Crippen LogP contribution in [0.3, 0.4) is 0 Å². The lowest BCUT2D eigenvalue weighted by Gasteiger charge is -2.38. The second-order valence-electron chi connectivity index (χ2n) is 7.02. The zero-order chi connectivity index (χ0) is 20.1. The highest BCUT2D eigenvalue weighted by molar-refractivity contribution is 5.97. The van der Waals surface area contributed by atoms with Gasteiger partial charge in [0.15, 0.2) is 5.78 Å². The van der Waals surface area contributed by atoms with Gasteiger partial charge in [0.25, 0.3) is 0 Å². The van der Waals surface area contributed by atoms with E-state index in [-0.39, 0.29) is 17.7 Å². The molecular weight excluding hydrogens is 354 g/mol. The fourth-order valence-electron chi connectivity index (χ4n) is 3.38. The number of nitrogens with zero attached hydrogens (tertiary/aromatic N) is 2. The molecule has 3 rings (SSSR count). The van der Waals surface area contributed by atoms with Gasteiger partial charge in [-0.3, -0.25) is 14.5 Å². The Labute approximate surface area is 166 Å². The summed E-state index contributed by atoms with van der Waals surface area (Å²) in [5, 5.41) is 2.94. The molecule has 6 heteroatoms. The van der Waals surface area contributed by atoms with Crippen molar-refractivity contribution in [3.63, 3.8) is 0 Å². The normalized spacial score (nSPS) is 15.8. The van der Waals surface area contributed by atoms with Crippen LogP contribution in [0, 0.1) is 0 Å². The van der Waals surface area contributed by atoms with E-state index in [1.54, 1.807) is 31.4 Å². The number of benzene rings is 2. The monoisotopic (exact) mass is 381 g/mol. The Morgan fingerprint density at radius 3 is 2.32 bits per heavy atom. The number of ketones is 1. The second-order valence-corrected chi connectivity index (χ2v) is 7.02. The van der Waals surface area contributed by atoms with Gasteiger partial charge in [-0.1, -0.05) is 6.07 Å². The van der Waals surface area contributed by atoms with E-state index in [2.05, 4.69) is 21.2 Å². The summed E-state index contributed by atoms with van der Waals surface area (Å²) in [7, 11) is 1.67. The van der Waals surface area contributed by atoms with E-state index in [1.165, 1.54) is 6.92 Å². The number of anilines is 2. The summed E-state index contributed by atoms with van der Waals surface area (Å²) < 4.78 is 5.30. The first-order chi connectivity index (χ1) is 13.5. The van der Waals surface area contributed by atoms with E-state index in [1.807, 2.05) is 25.1 Å². The fraction of sp³-hybridized carbons (Fsp3) is 0.364. The van der Waals surface area contributed by atoms with Crippen LogP contribution in [-0.2, 0) is 4.79 Å². The summed E-state index contributed by atoms with van der Waals surface area (Å²) in [4.78, 5) is 28.5. The highest BCUT2D eigenvalue weighted by Gasteiger charge is 2.26. The van der Waals surface area contributed by atoms with Gasteiger partial charge in [0.2, 0.25) is 5.91 Å². The molecule has 1 unspecified atom stereocenters. The Morgan fingerprint density at radius 2 is 1.71 bits per heavy atom. The predicted octanol–water partition coefficient (Wildman–Crippen LogP) is 3.05. The van der Waals surface area contributed by atoms with Gasteiger partial charge in [-0.15, -0.1) is 0 Å². The molecule has 0 saturated carbocycles. The lowest BCUT2D eigenvalue weighted by Crippen LogP contribution is -2.52. The predicted molar refractivity (Wildman–Crippen MR) is 111 cm³/mol. The molecule has 1 heterocycles. The first-order valence-electron chi connectivity index (χ1n) is 9.53. The lowest BCUT2D eigenvalue weighted by molar-refractivity contribution is -0.120. The van der Waals surface area contributed by atoms with Crippen molar-refractivity contribution >= 4 is 23.1 Å². The van der Waals surface area contributed by atoms with Gasteiger partial charge in [0.05, 0.1) is 13.2 Å². The number of methoxy groups -OCH3 is 1. The first-order valence-corrected chi connectivity index (χ1v) is 9.53. The van der Waals surface area contributed by atoms with E-state index in [9.17, 15) is 9.59 Å². The maximum absolute atomic E-state index is 12.6. The molecule has 1 amide bonds. The molecule has 0 radical (unpaired) electrons. The third kappa shape index (κ3) is 4.70. The zero-order valence-corrected chi connectivity index (χ0v) is 16.6. The van der Waals surface area contributed by atoms with Crippen LogP contribution in [0.25, 0.3) is 0 Å². The maximum Gasteiger partial charge on any atom is 0.241 e. The van der Waals surface area contributed by atoms with Crippen molar-refractivity contribution in [3.05, 3.63) is 54.1 Å². The first kappa shape index (κ1) is 19.9. The molecule has 0 bridgehead atoms. The average Bonchev–Trinajstić information content (AvgIpc) is 2.73. The summed E-state index contributed by atoms with van der Waals surface area (Å²) in [6.45, 7) is 6.81. The molecule has 6 nitrogen and oxygen atoms in total. The van der Waals surface area contributed by atoms with Crippen LogP contribution in [0.4, 0.5) is 11.4 Å². The zero-order valence-electron chi connectivity index (χ0n) is 16.6. The van der Waals surface area contributed by atoms with Crippen molar-refractivity contribution in [2.75, 3.05) is 43.5 Å². The number of carbonyl (C=O) groups excluding carboxylic acids is 2. The van der Waals surface area contributed by atoms with Gasteiger partial charge in [-0.25, -0.2) is 0 Å². The molecule has 148 valence electrons. The van der Waals surface area contributed by atoms with Crippen LogP contribution < -0.4 is 15.0 Å². The Morgan fingerprint density at radius 1 is 1.04 bits per heavy atom. The molecule has 1 saturated heterocycles. The standard InChI is InChI=1S/C22H27N3O3/c1-16(22(27)23-19-9-7-18(8-10-19)17(2)26)24-11-13-25(14-12-24)20-5-4-6-21(15-20)28-3/h4-10,15-16H,11-14H2,1-3H3,(H,23,27). The number of amides is 1. The number of nitrogens with one attached hydrogen (secondary N) is 1. The summed E-state index contributed by atoms with van der Waals surface area (Å²) in [6, 6.07) is 14.8. The second kappa shape index (κ2) is 8.89. The molecule has 1 aliphatic rings. The van der Waals surface area contributed by atoms with Crippen molar-refractivity contribution in [3.8, 4) is 5.75 Å². The van der Waals surface area contributed by atoms with Crippen LogP contribution >= 0.6 is 0 Å². The smallest absolute Gasteiger partial charge is 0.241 e. The molecule has 28 heavy (non-hydrogen) atoms. The third-order valence-corrected chi connectivity index (χ3v) is 5.22. The van der Waals surface area contributed by atoms with Crippen LogP contribution in [0.5, 0.6) is 5.75 Å². The molecule has 1 fully saturated rings. The summed E-state index contributed by atoms with van der Waals surface area (Å²) in [5.41, 5.74) is 2.48. The average molecular weight is 381 g/mol. The van der Waals surface area contributed by atoms with Crippen molar-refractivity contribution < 1.29 is 14.3 Å². The summed E-state index contributed by atoms with van der Waals surface area (Å²) in [5.74, 6) is 0.828. The maximum atomic E-state index is 12.6. The van der Waals surface area contributed by atoms with Crippen molar-refractivity contribution in [1.29, 1.82) is 0 Å². The van der Waals surface area contributed by atoms with Crippen LogP contribution in [0.15, 0.2) is 48.5 Å². The topological polar surface area (TPSA) is 61.9 Å². The quantitative estimate of drug-likeness (QED) is 0.780. The molecule has 0 aromatic heterocycles. The molecule has 1 N–H and O–H groups in total. The summed E-state index contributed by atoms with van der Waals surface area (Å²) >= 11 is 0. The van der Waals surface area contributed by atoms with Crippen LogP contribution in [-0.4, -0.2) is 55.9 Å². The highest BCUT2D eigenvalue weighted by Crippen LogP contribution is 2.22. The van der Waals surface area contributed by atoms with E-state index in [4.69, 9.17) is 4.74 Å². The largest absolute Gasteiger partial charge is 0.497 e. The van der Waals surface area contributed by atoms with Gasteiger partial charge < -0.3 is 15.0 Å². The number of piperazine rings is 1. The number of Topliss-reactive ketones (excluding diaryl/α,β-unsaturated/α-hetero) is 1. The van der Waals surface area contributed by atoms with E-state index in [0.29, 0.717) is 11.3 Å². The Kier molecular flexibility index (Phi) is 6.31. The molecular formula is C22H27N3O3. The Bertz CT molecular complexity index is 827. The minimum atomic E-state index is -0.222. The minimum absolute atomic E-state index is 0.0140. The number of ether oxygens (including phenoxy) is 1. The van der Waals surface area contributed by atoms with Gasteiger partial charge in [0.1, 0.15) is 5.75 Å². The van der Waals surface area contributed by atoms with Crippen molar-refractivity contribution in [2.24, 2.45) is 0 Å². The Balaban J connectivity index is 1.54. The highest BCUT2D eigenvalue weighted by atomic mass is 16.5. The van der Waals surface area contributed by atoms with Gasteiger partial charge in [0, 0.05) is 49.2 Å². The minimum Gasteiger partial charge on any atom is -0.497 e. The lowest BCUT2D eigenvalue weighted by atomic mass is 10.1. The van der Waals surface area contributed by atoms with Gasteiger partial charge in [-0.2, -0.15) is 0 Å². The number of hydrogen-bond donors (Lipinski definition) is 1. The Hall–Kier alpha value is -2.86. The third-order valence-electron chi connectivity index (χ3n) is 5.22. The number of rotatable bonds is 6. The van der Waals surface area contributed by atoms with Crippen molar-refractivity contribution in [2.45, 2.75) is 19.9 Å². The fourth-order valence-corrected chi connectivity index (χ4v) is 3.38. The number of hydrogen-bond acceptors (Lipinski definition) is 5. The number of carbonyl (C=O) groups is 2. The van der Waals surface area contributed by atoms with Crippen LogP contribution in [0.2, 0.25) is 0 Å². The molecule has 0 aliphatic carbocycles. The molecule has 1 atom stereocenters. The van der Waals surface area contributed by atoms with Crippen LogP contribution in [0.1, 0.15) is 24.2 Å². The molecule has 2 aromatic rings. The molecule has 1 aliphatic heterocycles. The van der Waals surface area contributed by atoms with E-state index >= 15 is 0 Å². The van der Waals surface area contributed by atoms with Gasteiger partial charge >= 0.3 is 0 Å². The summed E-state index contributed by atoms with van der Waals surface area (Å²) in [6.07, 6.45) is 0. The molecule has 0 spiro atoms. The SMILES string of the molecule is COc1cccc(N2CCN(C(C)C(=O)Nc3ccc(C(C)=O)cc3)CC2)c1. The van der Waals surface area contributed by atoms with E-state index < -0.39 is 0 Å². The van der Waals surface area contributed by atoms with Gasteiger partial charge in [-0.05, 0) is 50.2 Å². The van der Waals surface area contributed by atoms with Crippen molar-refractivity contribution in [1.82, 2.24) is 4.90 Å². The van der Waals surface area contributed by atoms with E-state index in [0.717, 1.165) is 37.6 Å².